The van der Waals surface area contributed by atoms with E-state index in [9.17, 15) is 4.79 Å². The van der Waals surface area contributed by atoms with E-state index >= 15 is 0 Å². The summed E-state index contributed by atoms with van der Waals surface area (Å²) in [7, 11) is 0. The standard InChI is InChI=1S/C8H13Cl3O/c1-2-3-4-6(9)5-7(12)8(10)11/h6,8H,2-5H2,1H3. The second-order valence-electron chi connectivity index (χ2n) is 2.71. The van der Waals surface area contributed by atoms with Gasteiger partial charge in [-0.15, -0.1) is 11.6 Å². The Bertz CT molecular complexity index is 136. The van der Waals surface area contributed by atoms with Crippen LogP contribution in [0.5, 0.6) is 0 Å². The van der Waals surface area contributed by atoms with Gasteiger partial charge in [0, 0.05) is 11.8 Å². The van der Waals surface area contributed by atoms with Crippen molar-refractivity contribution in [2.75, 3.05) is 0 Å². The molecule has 4 heteroatoms. The fourth-order valence-corrected chi connectivity index (χ4v) is 1.32. The first-order valence-electron chi connectivity index (χ1n) is 4.02. The van der Waals surface area contributed by atoms with Crippen molar-refractivity contribution >= 4 is 40.6 Å². The molecule has 0 aliphatic carbocycles. The zero-order valence-corrected chi connectivity index (χ0v) is 9.29. The molecule has 0 aliphatic rings. The van der Waals surface area contributed by atoms with Crippen LogP contribution in [0.15, 0.2) is 0 Å². The molecule has 1 atom stereocenters. The molecule has 0 heterocycles. The zero-order valence-electron chi connectivity index (χ0n) is 7.03. The van der Waals surface area contributed by atoms with Gasteiger partial charge < -0.3 is 0 Å². The first-order valence-corrected chi connectivity index (χ1v) is 5.33. The molecule has 12 heavy (non-hydrogen) atoms. The maximum atomic E-state index is 11.0. The molecular formula is C8H13Cl3O. The van der Waals surface area contributed by atoms with Crippen LogP contribution in [0.4, 0.5) is 0 Å². The van der Waals surface area contributed by atoms with Crippen LogP contribution in [0, 0.1) is 0 Å². The molecule has 0 saturated heterocycles. The third kappa shape index (κ3) is 6.10. The van der Waals surface area contributed by atoms with Gasteiger partial charge in [-0.05, 0) is 6.42 Å². The fourth-order valence-electron chi connectivity index (χ4n) is 0.835. The van der Waals surface area contributed by atoms with Gasteiger partial charge >= 0.3 is 0 Å². The molecule has 0 fully saturated rings. The Kier molecular flexibility index (Phi) is 7.31. The third-order valence-electron chi connectivity index (χ3n) is 1.54. The molecule has 0 aromatic heterocycles. The molecule has 0 amide bonds. The van der Waals surface area contributed by atoms with Gasteiger partial charge in [-0.3, -0.25) is 4.79 Å². The monoisotopic (exact) mass is 230 g/mol. The maximum absolute atomic E-state index is 11.0. The molecule has 1 unspecified atom stereocenters. The van der Waals surface area contributed by atoms with E-state index in [1.165, 1.54) is 0 Å². The fraction of sp³-hybridized carbons (Fsp3) is 0.875. The van der Waals surface area contributed by atoms with Crippen LogP contribution < -0.4 is 0 Å². The number of unbranched alkanes of at least 4 members (excludes halogenated alkanes) is 1. The van der Waals surface area contributed by atoms with E-state index in [1.807, 2.05) is 0 Å². The molecule has 0 aromatic carbocycles. The summed E-state index contributed by atoms with van der Waals surface area (Å²) in [6.07, 6.45) is 3.25. The van der Waals surface area contributed by atoms with Crippen molar-refractivity contribution in [2.24, 2.45) is 0 Å². The molecule has 0 aliphatic heterocycles. The molecule has 0 saturated carbocycles. The number of alkyl halides is 3. The smallest absolute Gasteiger partial charge is 0.167 e. The van der Waals surface area contributed by atoms with Gasteiger partial charge in [-0.2, -0.15) is 0 Å². The molecule has 0 N–H and O–H groups in total. The Morgan fingerprint density at radius 2 is 1.92 bits per heavy atom. The summed E-state index contributed by atoms with van der Waals surface area (Å²) in [6.45, 7) is 2.08. The van der Waals surface area contributed by atoms with Crippen molar-refractivity contribution in [2.45, 2.75) is 42.8 Å². The number of carbonyl (C=O) groups is 1. The number of hydrogen-bond acceptors (Lipinski definition) is 1. The minimum Gasteiger partial charge on any atom is -0.297 e. The third-order valence-corrected chi connectivity index (χ3v) is 2.40. The average molecular weight is 232 g/mol. The van der Waals surface area contributed by atoms with E-state index in [0.717, 1.165) is 19.3 Å². The van der Waals surface area contributed by atoms with Gasteiger partial charge in [0.15, 0.2) is 10.6 Å². The molecule has 0 rings (SSSR count). The van der Waals surface area contributed by atoms with Crippen LogP contribution in [0.25, 0.3) is 0 Å². The Balaban J connectivity index is 3.54. The Morgan fingerprint density at radius 1 is 1.33 bits per heavy atom. The van der Waals surface area contributed by atoms with E-state index in [2.05, 4.69) is 6.92 Å². The molecule has 72 valence electrons. The number of halogens is 3. The quantitative estimate of drug-likeness (QED) is 0.639. The minimum absolute atomic E-state index is 0.113. The van der Waals surface area contributed by atoms with E-state index in [4.69, 9.17) is 34.8 Å². The second kappa shape index (κ2) is 6.99. The van der Waals surface area contributed by atoms with Crippen molar-refractivity contribution in [3.05, 3.63) is 0 Å². The molecule has 0 aromatic rings. The summed E-state index contributed by atoms with van der Waals surface area (Å²) in [4.78, 5) is 10.0. The van der Waals surface area contributed by atoms with Crippen molar-refractivity contribution in [3.8, 4) is 0 Å². The highest BCUT2D eigenvalue weighted by molar-refractivity contribution is 6.53. The van der Waals surface area contributed by atoms with Crippen LogP contribution in [0.2, 0.25) is 0 Å². The highest BCUT2D eigenvalue weighted by atomic mass is 35.5. The summed E-state index contributed by atoms with van der Waals surface area (Å²) < 4.78 is 0. The van der Waals surface area contributed by atoms with Gasteiger partial charge in [0.2, 0.25) is 0 Å². The highest BCUT2D eigenvalue weighted by Crippen LogP contribution is 2.15. The summed E-state index contributed by atoms with van der Waals surface area (Å²) in [6, 6.07) is 0. The van der Waals surface area contributed by atoms with Gasteiger partial charge in [0.1, 0.15) is 0 Å². The number of hydrogen-bond donors (Lipinski definition) is 0. The Labute approximate surface area is 88.4 Å². The minimum atomic E-state index is -0.923. The first-order chi connectivity index (χ1) is 5.57. The van der Waals surface area contributed by atoms with Crippen molar-refractivity contribution in [1.29, 1.82) is 0 Å². The SMILES string of the molecule is CCCCC(Cl)CC(=O)C(Cl)Cl. The highest BCUT2D eigenvalue weighted by Gasteiger charge is 2.16. The van der Waals surface area contributed by atoms with E-state index in [1.54, 1.807) is 0 Å². The van der Waals surface area contributed by atoms with Crippen molar-refractivity contribution in [3.63, 3.8) is 0 Å². The molecule has 0 radical (unpaired) electrons. The van der Waals surface area contributed by atoms with Crippen LogP contribution in [0.3, 0.4) is 0 Å². The van der Waals surface area contributed by atoms with E-state index < -0.39 is 4.84 Å². The van der Waals surface area contributed by atoms with Gasteiger partial charge in [0.25, 0.3) is 0 Å². The normalized spacial score (nSPS) is 13.4. The van der Waals surface area contributed by atoms with Crippen LogP contribution >= 0.6 is 34.8 Å². The topological polar surface area (TPSA) is 17.1 Å². The van der Waals surface area contributed by atoms with Crippen LogP contribution in [0.1, 0.15) is 32.6 Å². The zero-order chi connectivity index (χ0) is 9.56. The average Bonchev–Trinajstić information content (AvgIpc) is 2.00. The first kappa shape index (κ1) is 12.5. The lowest BCUT2D eigenvalue weighted by Crippen LogP contribution is -2.13. The van der Waals surface area contributed by atoms with Crippen molar-refractivity contribution < 1.29 is 4.79 Å². The lowest BCUT2D eigenvalue weighted by molar-refractivity contribution is -0.117. The lowest BCUT2D eigenvalue weighted by atomic mass is 10.1. The predicted molar refractivity (Wildman–Crippen MR) is 54.3 cm³/mol. The second-order valence-corrected chi connectivity index (χ2v) is 4.42. The molecule has 0 bridgehead atoms. The van der Waals surface area contributed by atoms with E-state index in [0.29, 0.717) is 0 Å². The Hall–Kier alpha value is 0.540. The van der Waals surface area contributed by atoms with Crippen molar-refractivity contribution in [1.82, 2.24) is 0 Å². The van der Waals surface area contributed by atoms with Gasteiger partial charge in [-0.25, -0.2) is 0 Å². The lowest BCUT2D eigenvalue weighted by Gasteiger charge is -2.07. The van der Waals surface area contributed by atoms with Gasteiger partial charge in [-0.1, -0.05) is 43.0 Å². The van der Waals surface area contributed by atoms with E-state index in [-0.39, 0.29) is 17.6 Å². The largest absolute Gasteiger partial charge is 0.297 e. The predicted octanol–water partition coefficient (Wildman–Crippen LogP) is 3.55. The number of rotatable bonds is 6. The molecule has 1 nitrogen and oxygen atoms in total. The number of Topliss-reactive ketones (excluding diaryl/α,β-unsaturated/α-hetero) is 1. The summed E-state index contributed by atoms with van der Waals surface area (Å²) in [5.41, 5.74) is 0. The maximum Gasteiger partial charge on any atom is 0.167 e. The summed E-state index contributed by atoms with van der Waals surface area (Å²) >= 11 is 16.6. The van der Waals surface area contributed by atoms with Crippen LogP contribution in [-0.4, -0.2) is 16.0 Å². The van der Waals surface area contributed by atoms with Gasteiger partial charge in [0.05, 0.1) is 0 Å². The Morgan fingerprint density at radius 3 is 2.33 bits per heavy atom. The summed E-state index contributed by atoms with van der Waals surface area (Å²) in [5, 5.41) is -0.113. The number of carbonyl (C=O) groups excluding carboxylic acids is 1. The molecular weight excluding hydrogens is 218 g/mol. The number of ketones is 1. The summed E-state index contributed by atoms with van der Waals surface area (Å²) in [5.74, 6) is -0.186. The molecule has 0 spiro atoms. The van der Waals surface area contributed by atoms with Crippen LogP contribution in [-0.2, 0) is 4.79 Å².